The highest BCUT2D eigenvalue weighted by atomic mass is 15.0. The van der Waals surface area contributed by atoms with E-state index < -0.39 is 0 Å². The minimum Gasteiger partial charge on any atom is -0.225 e. The van der Waals surface area contributed by atoms with Gasteiger partial charge in [0.1, 0.15) is 12.7 Å². The van der Waals surface area contributed by atoms with Crippen molar-refractivity contribution in [2.45, 2.75) is 0 Å². The lowest BCUT2D eigenvalue weighted by atomic mass is 9.85. The molecule has 0 amide bonds. The van der Waals surface area contributed by atoms with Crippen molar-refractivity contribution in [2.24, 2.45) is 0 Å². The molecule has 366 valence electrons. The van der Waals surface area contributed by atoms with Crippen LogP contribution >= 0.6 is 0 Å². The average Bonchev–Trinajstić information content (AvgIpc) is 3.59. The van der Waals surface area contributed by atoms with E-state index in [2.05, 4.69) is 312 Å². The van der Waals surface area contributed by atoms with Crippen molar-refractivity contribution in [3.05, 3.63) is 310 Å². The van der Waals surface area contributed by atoms with E-state index in [4.69, 9.17) is 0 Å². The maximum absolute atomic E-state index is 4.66. The number of rotatable bonds is 12. The minimum absolute atomic E-state index is 0.612. The second-order valence-corrected chi connectivity index (χ2v) is 19.7. The Balaban J connectivity index is 1.02. The third kappa shape index (κ3) is 10.00. The number of benzene rings is 12. The Kier molecular flexibility index (Phi) is 13.0. The summed E-state index contributed by atoms with van der Waals surface area (Å²) in [7, 11) is 0. The molecule has 3 nitrogen and oxygen atoms in total. The third-order valence-electron chi connectivity index (χ3n) is 14.7. The second kappa shape index (κ2) is 21.5. The number of nitrogens with zero attached hydrogens (tertiary/aromatic N) is 3. The summed E-state index contributed by atoms with van der Waals surface area (Å²) in [5.74, 6) is 0.612. The van der Waals surface area contributed by atoms with E-state index in [0.29, 0.717) is 5.82 Å². The van der Waals surface area contributed by atoms with E-state index in [1.165, 1.54) is 33.4 Å². The molecule has 12 aromatic carbocycles. The summed E-state index contributed by atoms with van der Waals surface area (Å²) in [6.07, 6.45) is 3.14. The highest BCUT2D eigenvalue weighted by Gasteiger charge is 2.19. The van der Waals surface area contributed by atoms with Crippen LogP contribution in [-0.4, -0.2) is 15.0 Å². The number of aromatic nitrogens is 3. The zero-order valence-electron chi connectivity index (χ0n) is 42.8. The molecule has 3 heteroatoms. The maximum Gasteiger partial charge on any atom is 0.162 e. The zero-order valence-corrected chi connectivity index (χ0v) is 42.8. The molecule has 0 saturated carbocycles. The van der Waals surface area contributed by atoms with Crippen molar-refractivity contribution in [3.63, 3.8) is 0 Å². The SMILES string of the molecule is c1ccc(-c2cccc(-c3cc(-c4cccc(-c5ccccc5)c4)cc(-c4ccccc4-c4ccc(-c5ncncn5)cc4-c4cc(-c5cccc(-c6ccccc6)c5)cc(-c5cccc(-c6ccccc6)c5)c4)c3)c2)cc1. The topological polar surface area (TPSA) is 38.7 Å². The Bertz CT molecular complexity index is 4030. The van der Waals surface area contributed by atoms with E-state index >= 15 is 0 Å². The first kappa shape index (κ1) is 47.4. The van der Waals surface area contributed by atoms with Gasteiger partial charge >= 0.3 is 0 Å². The predicted molar refractivity (Wildman–Crippen MR) is 325 cm³/mol. The molecule has 0 aliphatic rings. The molecule has 0 fully saturated rings. The van der Waals surface area contributed by atoms with Crippen LogP contribution in [0.15, 0.2) is 310 Å². The van der Waals surface area contributed by atoms with Crippen LogP contribution < -0.4 is 0 Å². The van der Waals surface area contributed by atoms with Gasteiger partial charge in [-0.3, -0.25) is 0 Å². The number of hydrogen-bond donors (Lipinski definition) is 0. The van der Waals surface area contributed by atoms with Crippen LogP contribution in [0.5, 0.6) is 0 Å². The smallest absolute Gasteiger partial charge is 0.162 e. The zero-order chi connectivity index (χ0) is 52.0. The molecule has 0 unspecified atom stereocenters. The molecule has 13 aromatic rings. The first-order chi connectivity index (χ1) is 38.6. The van der Waals surface area contributed by atoms with Crippen LogP contribution in [0.3, 0.4) is 0 Å². The predicted octanol–water partition coefficient (Wildman–Crippen LogP) is 19.9. The van der Waals surface area contributed by atoms with Crippen LogP contribution in [0.1, 0.15) is 0 Å². The molecule has 1 heterocycles. The molecule has 0 spiro atoms. The summed E-state index contributed by atoms with van der Waals surface area (Å²) in [4.78, 5) is 13.5. The first-order valence-corrected chi connectivity index (χ1v) is 26.4. The lowest BCUT2D eigenvalue weighted by Gasteiger charge is -2.19. The van der Waals surface area contributed by atoms with E-state index in [1.54, 1.807) is 12.7 Å². The first-order valence-electron chi connectivity index (χ1n) is 26.4. The fourth-order valence-corrected chi connectivity index (χ4v) is 10.8. The normalized spacial score (nSPS) is 11.1. The largest absolute Gasteiger partial charge is 0.225 e. The van der Waals surface area contributed by atoms with Gasteiger partial charge in [-0.1, -0.05) is 231 Å². The Morgan fingerprint density at radius 2 is 0.423 bits per heavy atom. The van der Waals surface area contributed by atoms with Gasteiger partial charge in [0.25, 0.3) is 0 Å². The standard InChI is InChI=1S/C75H51N3/c1-5-19-52(20-6-1)56-27-15-31-60(39-56)65-43-66(61-32-16-28-57(40-61)53-21-7-2-8-22-53)46-69(45-65)71-35-13-14-36-72(71)73-38-37-64(75-77-50-76-51-78-75)49-74(73)70-47-67(62-33-17-29-58(41-62)54-23-9-3-10-24-54)44-68(48-70)63-34-18-30-59(42-63)55-25-11-4-12-26-55/h1-51H. The van der Waals surface area contributed by atoms with E-state index in [9.17, 15) is 0 Å². The maximum atomic E-state index is 4.66. The molecule has 0 aliphatic carbocycles. The molecule has 78 heavy (non-hydrogen) atoms. The van der Waals surface area contributed by atoms with Gasteiger partial charge < -0.3 is 0 Å². The molecule has 1 aromatic heterocycles. The Labute approximate surface area is 456 Å². The van der Waals surface area contributed by atoms with Crippen LogP contribution in [0.4, 0.5) is 0 Å². The van der Waals surface area contributed by atoms with Crippen molar-refractivity contribution >= 4 is 0 Å². The molecular weight excluding hydrogens is 943 g/mol. The van der Waals surface area contributed by atoms with Gasteiger partial charge in [0.2, 0.25) is 0 Å². The monoisotopic (exact) mass is 993 g/mol. The highest BCUT2D eigenvalue weighted by Crippen LogP contribution is 2.45. The summed E-state index contributed by atoms with van der Waals surface area (Å²) in [5.41, 5.74) is 25.9. The molecule has 0 saturated heterocycles. The van der Waals surface area contributed by atoms with E-state index in [1.807, 2.05) is 0 Å². The Morgan fingerprint density at radius 1 is 0.154 bits per heavy atom. The summed E-state index contributed by atoms with van der Waals surface area (Å²) < 4.78 is 0. The fraction of sp³-hybridized carbons (Fsp3) is 0. The van der Waals surface area contributed by atoms with Crippen molar-refractivity contribution in [2.75, 3.05) is 0 Å². The molecule has 0 radical (unpaired) electrons. The summed E-state index contributed by atoms with van der Waals surface area (Å²) in [6, 6.07) is 108. The lowest BCUT2D eigenvalue weighted by molar-refractivity contribution is 1.06. The minimum atomic E-state index is 0.612. The molecular formula is C75H51N3. The van der Waals surface area contributed by atoms with Crippen LogP contribution in [-0.2, 0) is 0 Å². The molecule has 0 bridgehead atoms. The average molecular weight is 994 g/mol. The highest BCUT2D eigenvalue weighted by molar-refractivity contribution is 5.97. The van der Waals surface area contributed by atoms with E-state index in [0.717, 1.165) is 94.6 Å². The van der Waals surface area contributed by atoms with Gasteiger partial charge in [0.15, 0.2) is 5.82 Å². The van der Waals surface area contributed by atoms with E-state index in [-0.39, 0.29) is 0 Å². The second-order valence-electron chi connectivity index (χ2n) is 19.7. The van der Waals surface area contributed by atoms with Gasteiger partial charge in [-0.2, -0.15) is 0 Å². The fourth-order valence-electron chi connectivity index (χ4n) is 10.8. The van der Waals surface area contributed by atoms with Crippen LogP contribution in [0, 0.1) is 0 Å². The third-order valence-corrected chi connectivity index (χ3v) is 14.7. The molecule has 0 aliphatic heterocycles. The Morgan fingerprint density at radius 3 is 0.795 bits per heavy atom. The van der Waals surface area contributed by atoms with Crippen LogP contribution in [0.25, 0.3) is 134 Å². The molecule has 13 rings (SSSR count). The summed E-state index contributed by atoms with van der Waals surface area (Å²) >= 11 is 0. The summed E-state index contributed by atoms with van der Waals surface area (Å²) in [6.45, 7) is 0. The van der Waals surface area contributed by atoms with Crippen molar-refractivity contribution < 1.29 is 0 Å². The van der Waals surface area contributed by atoms with Crippen LogP contribution in [0.2, 0.25) is 0 Å². The quantitative estimate of drug-likeness (QED) is 0.122. The van der Waals surface area contributed by atoms with Crippen molar-refractivity contribution in [1.29, 1.82) is 0 Å². The van der Waals surface area contributed by atoms with Gasteiger partial charge in [-0.05, 0) is 189 Å². The summed E-state index contributed by atoms with van der Waals surface area (Å²) in [5, 5.41) is 0. The molecule has 0 atom stereocenters. The van der Waals surface area contributed by atoms with Gasteiger partial charge in [0, 0.05) is 5.56 Å². The van der Waals surface area contributed by atoms with Gasteiger partial charge in [-0.15, -0.1) is 0 Å². The van der Waals surface area contributed by atoms with Crippen molar-refractivity contribution in [1.82, 2.24) is 15.0 Å². The number of hydrogen-bond acceptors (Lipinski definition) is 3. The van der Waals surface area contributed by atoms with Gasteiger partial charge in [-0.25, -0.2) is 15.0 Å². The van der Waals surface area contributed by atoms with Crippen molar-refractivity contribution in [3.8, 4) is 134 Å². The lowest BCUT2D eigenvalue weighted by Crippen LogP contribution is -1.95. The molecule has 0 N–H and O–H groups in total. The Hall–Kier alpha value is -10.4. The van der Waals surface area contributed by atoms with Gasteiger partial charge in [0.05, 0.1) is 0 Å².